The lowest BCUT2D eigenvalue weighted by molar-refractivity contribution is -0.121. The van der Waals surface area contributed by atoms with Gasteiger partial charge in [0.05, 0.1) is 5.69 Å². The molecule has 1 saturated heterocycles. The van der Waals surface area contributed by atoms with Gasteiger partial charge in [-0.15, -0.1) is 0 Å². The molecule has 158 valence electrons. The monoisotopic (exact) mass is 427 g/mol. The molecule has 1 aromatic carbocycles. The van der Waals surface area contributed by atoms with Gasteiger partial charge in [0.25, 0.3) is 5.71 Å². The lowest BCUT2D eigenvalue weighted by Gasteiger charge is -2.22. The van der Waals surface area contributed by atoms with Crippen molar-refractivity contribution in [3.05, 3.63) is 46.4 Å². The molecule has 1 aliphatic rings. The number of halogens is 1. The summed E-state index contributed by atoms with van der Waals surface area (Å²) >= 11 is 6.15. The normalized spacial score (nSPS) is 14.7. The Morgan fingerprint density at radius 2 is 1.93 bits per heavy atom. The van der Waals surface area contributed by atoms with Crippen LogP contribution in [0.4, 0.5) is 5.82 Å². The number of fused-ring (bicyclic) bond motifs is 1. The molecule has 0 bridgehead atoms. The van der Waals surface area contributed by atoms with E-state index < -0.39 is 0 Å². The highest BCUT2D eigenvalue weighted by molar-refractivity contribution is 6.31. The summed E-state index contributed by atoms with van der Waals surface area (Å²) in [5.74, 6) is 1.42. The zero-order valence-corrected chi connectivity index (χ0v) is 17.9. The number of aromatic nitrogens is 3. The summed E-state index contributed by atoms with van der Waals surface area (Å²) in [7, 11) is 0. The molecule has 2 aromatic heterocycles. The van der Waals surface area contributed by atoms with E-state index >= 15 is 0 Å². The molecule has 3 heterocycles. The summed E-state index contributed by atoms with van der Waals surface area (Å²) in [6.07, 6.45) is 5.51. The number of hydrogen-bond acceptors (Lipinski definition) is 6. The average Bonchev–Trinajstić information content (AvgIpc) is 2.95. The van der Waals surface area contributed by atoms with E-state index in [1.54, 1.807) is 0 Å². The Balaban J connectivity index is 1.46. The summed E-state index contributed by atoms with van der Waals surface area (Å²) < 4.78 is 5.43. The highest BCUT2D eigenvalue weighted by atomic mass is 35.5. The van der Waals surface area contributed by atoms with Crippen LogP contribution in [0.15, 0.2) is 28.8 Å². The molecular formula is C22H26ClN5O2. The van der Waals surface area contributed by atoms with Crippen LogP contribution < -0.4 is 10.2 Å². The minimum Gasteiger partial charge on any atom is -0.356 e. The molecule has 3 aromatic rings. The smallest absolute Gasteiger partial charge is 0.263 e. The third kappa shape index (κ3) is 4.73. The molecule has 0 aliphatic carbocycles. The third-order valence-corrected chi connectivity index (χ3v) is 5.82. The van der Waals surface area contributed by atoms with Crippen LogP contribution in [-0.4, -0.2) is 34.1 Å². The van der Waals surface area contributed by atoms with Crippen LogP contribution in [0.1, 0.15) is 49.2 Å². The standard InChI is InChI=1S/C22H26ClN5O2/c1-15-20-21(28-12-6-2-3-7-13-28)25-18(26-22(20)30-27-15)10-11-19(29)24-14-16-8-4-5-9-17(16)23/h4-5,8-9H,2-3,6-7,10-14H2,1H3,(H,24,29). The van der Waals surface area contributed by atoms with Crippen molar-refractivity contribution >= 4 is 34.4 Å². The Morgan fingerprint density at radius 1 is 1.17 bits per heavy atom. The van der Waals surface area contributed by atoms with Crippen LogP contribution in [-0.2, 0) is 17.8 Å². The van der Waals surface area contributed by atoms with Crippen LogP contribution in [0, 0.1) is 6.92 Å². The number of anilines is 1. The SMILES string of the molecule is Cc1noc2nc(CCC(=O)NCc3ccccc3Cl)nc(N3CCCCCC3)c12. The van der Waals surface area contributed by atoms with Gasteiger partial charge in [-0.05, 0) is 31.4 Å². The molecule has 0 atom stereocenters. The second kappa shape index (κ2) is 9.43. The maximum Gasteiger partial charge on any atom is 0.263 e. The first kappa shape index (κ1) is 20.6. The fourth-order valence-corrected chi connectivity index (χ4v) is 3.99. The number of carbonyl (C=O) groups excluding carboxylic acids is 1. The zero-order chi connectivity index (χ0) is 20.9. The molecule has 7 nitrogen and oxygen atoms in total. The first-order valence-electron chi connectivity index (χ1n) is 10.5. The summed E-state index contributed by atoms with van der Waals surface area (Å²) in [5.41, 5.74) is 2.19. The van der Waals surface area contributed by atoms with Gasteiger partial charge in [0.15, 0.2) is 0 Å². The van der Waals surface area contributed by atoms with Gasteiger partial charge < -0.3 is 14.7 Å². The lowest BCUT2D eigenvalue weighted by Crippen LogP contribution is -2.26. The Hall–Kier alpha value is -2.67. The summed E-state index contributed by atoms with van der Waals surface area (Å²) in [4.78, 5) is 24.0. The van der Waals surface area contributed by atoms with Crippen molar-refractivity contribution in [3.8, 4) is 0 Å². The quantitative estimate of drug-likeness (QED) is 0.634. The molecule has 0 saturated carbocycles. The molecule has 4 rings (SSSR count). The number of amides is 1. The van der Waals surface area contributed by atoms with Gasteiger partial charge in [-0.25, -0.2) is 4.98 Å². The van der Waals surface area contributed by atoms with E-state index in [1.807, 2.05) is 31.2 Å². The van der Waals surface area contributed by atoms with Crippen molar-refractivity contribution in [2.75, 3.05) is 18.0 Å². The van der Waals surface area contributed by atoms with Gasteiger partial charge in [-0.2, -0.15) is 4.98 Å². The number of rotatable bonds is 6. The molecule has 1 N–H and O–H groups in total. The van der Waals surface area contributed by atoms with Gasteiger partial charge in [-0.3, -0.25) is 4.79 Å². The van der Waals surface area contributed by atoms with Crippen molar-refractivity contribution in [2.45, 2.75) is 52.0 Å². The summed E-state index contributed by atoms with van der Waals surface area (Å²) in [6.45, 7) is 4.25. The lowest BCUT2D eigenvalue weighted by atomic mass is 10.2. The van der Waals surface area contributed by atoms with Gasteiger partial charge >= 0.3 is 0 Å². The number of carbonyl (C=O) groups is 1. The molecular weight excluding hydrogens is 402 g/mol. The number of benzene rings is 1. The van der Waals surface area contributed by atoms with E-state index in [2.05, 4.69) is 20.4 Å². The van der Waals surface area contributed by atoms with E-state index in [1.165, 1.54) is 12.8 Å². The summed E-state index contributed by atoms with van der Waals surface area (Å²) in [5, 5.41) is 8.52. The molecule has 1 amide bonds. The van der Waals surface area contributed by atoms with Gasteiger partial charge in [0.1, 0.15) is 17.0 Å². The highest BCUT2D eigenvalue weighted by Gasteiger charge is 2.21. The Labute approximate surface area is 180 Å². The Morgan fingerprint density at radius 3 is 2.70 bits per heavy atom. The van der Waals surface area contributed by atoms with E-state index in [9.17, 15) is 4.79 Å². The minimum atomic E-state index is -0.0660. The first-order chi connectivity index (χ1) is 14.6. The number of nitrogens with one attached hydrogen (secondary N) is 1. The predicted octanol–water partition coefficient (Wildman–Crippen LogP) is 4.21. The van der Waals surface area contributed by atoms with E-state index in [4.69, 9.17) is 21.1 Å². The topological polar surface area (TPSA) is 84.1 Å². The fraction of sp³-hybridized carbons (Fsp3) is 0.455. The van der Waals surface area contributed by atoms with Crippen LogP contribution in [0.25, 0.3) is 11.1 Å². The molecule has 0 spiro atoms. The Kier molecular flexibility index (Phi) is 6.47. The van der Waals surface area contributed by atoms with Gasteiger partial charge in [-0.1, -0.05) is 47.8 Å². The average molecular weight is 428 g/mol. The maximum atomic E-state index is 12.3. The second-order valence-corrected chi connectivity index (χ2v) is 8.09. The third-order valence-electron chi connectivity index (χ3n) is 5.45. The Bertz CT molecular complexity index is 1030. The maximum absolute atomic E-state index is 12.3. The molecule has 8 heteroatoms. The molecule has 30 heavy (non-hydrogen) atoms. The van der Waals surface area contributed by atoms with Crippen LogP contribution in [0.3, 0.4) is 0 Å². The molecule has 0 unspecified atom stereocenters. The number of hydrogen-bond donors (Lipinski definition) is 1. The van der Waals surface area contributed by atoms with Crippen LogP contribution in [0.2, 0.25) is 5.02 Å². The van der Waals surface area contributed by atoms with Crippen molar-refractivity contribution in [1.82, 2.24) is 20.4 Å². The van der Waals surface area contributed by atoms with E-state index in [0.717, 1.165) is 48.4 Å². The predicted molar refractivity (Wildman–Crippen MR) is 117 cm³/mol. The highest BCUT2D eigenvalue weighted by Crippen LogP contribution is 2.29. The number of aryl methyl sites for hydroxylation is 2. The minimum absolute atomic E-state index is 0.0660. The molecule has 1 aliphatic heterocycles. The van der Waals surface area contributed by atoms with E-state index in [-0.39, 0.29) is 5.91 Å². The first-order valence-corrected chi connectivity index (χ1v) is 10.9. The zero-order valence-electron chi connectivity index (χ0n) is 17.2. The van der Waals surface area contributed by atoms with Crippen molar-refractivity contribution in [3.63, 3.8) is 0 Å². The summed E-state index contributed by atoms with van der Waals surface area (Å²) in [6, 6.07) is 7.49. The van der Waals surface area contributed by atoms with Crippen molar-refractivity contribution < 1.29 is 9.32 Å². The number of nitrogens with zero attached hydrogens (tertiary/aromatic N) is 4. The molecule has 0 radical (unpaired) electrons. The second-order valence-electron chi connectivity index (χ2n) is 7.68. The van der Waals surface area contributed by atoms with E-state index in [0.29, 0.717) is 35.9 Å². The largest absolute Gasteiger partial charge is 0.356 e. The van der Waals surface area contributed by atoms with Crippen molar-refractivity contribution in [2.24, 2.45) is 0 Å². The fourth-order valence-electron chi connectivity index (χ4n) is 3.78. The van der Waals surface area contributed by atoms with Gasteiger partial charge in [0.2, 0.25) is 5.91 Å². The van der Waals surface area contributed by atoms with Crippen molar-refractivity contribution in [1.29, 1.82) is 0 Å². The van der Waals surface area contributed by atoms with Crippen LogP contribution in [0.5, 0.6) is 0 Å². The molecule has 1 fully saturated rings. The van der Waals surface area contributed by atoms with Crippen LogP contribution >= 0.6 is 11.6 Å². The van der Waals surface area contributed by atoms with Gasteiger partial charge in [0, 0.05) is 37.5 Å².